The molecule has 22 heavy (non-hydrogen) atoms. The molecule has 0 aliphatic carbocycles. The van der Waals surface area contributed by atoms with Crippen LogP contribution in [-0.2, 0) is 0 Å². The summed E-state index contributed by atoms with van der Waals surface area (Å²) < 4.78 is 36.8. The zero-order chi connectivity index (χ0) is 15.3. The molecule has 0 radical (unpaired) electrons. The molecule has 7 nitrogen and oxygen atoms in total. The third-order valence-electron chi connectivity index (χ3n) is 2.90. The Morgan fingerprint density at radius 1 is 1.23 bits per heavy atom. The fourth-order valence-electron chi connectivity index (χ4n) is 2.05. The lowest BCUT2D eigenvalue weighted by Gasteiger charge is -2.07. The van der Waals surface area contributed by atoms with E-state index in [2.05, 4.69) is 45.8 Å². The number of nitrogens with zero attached hydrogens (tertiary/aromatic N) is 4. The highest BCUT2D eigenvalue weighted by Gasteiger charge is 2.43. The van der Waals surface area contributed by atoms with E-state index >= 15 is 0 Å². The number of nitrogens with one attached hydrogen (secondary N) is 1. The molecule has 2 aromatic heterocycles. The molecule has 112 valence electrons. The van der Waals surface area contributed by atoms with E-state index in [0.29, 0.717) is 21.8 Å². The summed E-state index contributed by atoms with van der Waals surface area (Å²) in [6.07, 6.45) is -0.613. The Bertz CT molecular complexity index is 885. The fraction of sp³-hybridized carbons (Fsp3) is 0.0833. The van der Waals surface area contributed by atoms with Crippen LogP contribution in [0.15, 0.2) is 35.3 Å². The van der Waals surface area contributed by atoms with Crippen molar-refractivity contribution in [2.75, 3.05) is 5.32 Å². The first-order valence-corrected chi connectivity index (χ1v) is 6.82. The molecule has 1 aliphatic rings. The van der Waals surface area contributed by atoms with E-state index in [1.807, 2.05) is 0 Å². The molecular weight excluding hydrogens is 364 g/mol. The molecule has 0 saturated heterocycles. The first kappa shape index (κ1) is 13.2. The van der Waals surface area contributed by atoms with Crippen molar-refractivity contribution >= 4 is 33.1 Å². The number of alkyl halides is 2. The Labute approximate surface area is 130 Å². The summed E-state index contributed by atoms with van der Waals surface area (Å²) in [5.41, 5.74) is 0.988. The van der Waals surface area contributed by atoms with Crippen LogP contribution in [0.2, 0.25) is 0 Å². The van der Waals surface area contributed by atoms with Crippen LogP contribution in [0, 0.1) is 0 Å². The zero-order valence-corrected chi connectivity index (χ0v) is 12.2. The molecule has 0 fully saturated rings. The number of hydrogen-bond acceptors (Lipinski definition) is 6. The summed E-state index contributed by atoms with van der Waals surface area (Å²) in [7, 11) is 0. The van der Waals surface area contributed by atoms with Gasteiger partial charge in [0.05, 0.1) is 6.20 Å². The highest BCUT2D eigenvalue weighted by Crippen LogP contribution is 2.42. The van der Waals surface area contributed by atoms with Gasteiger partial charge in [0.25, 0.3) is 0 Å². The van der Waals surface area contributed by atoms with Gasteiger partial charge >= 0.3 is 6.29 Å². The van der Waals surface area contributed by atoms with E-state index in [4.69, 9.17) is 0 Å². The van der Waals surface area contributed by atoms with E-state index in [0.717, 1.165) is 0 Å². The van der Waals surface area contributed by atoms with Crippen LogP contribution >= 0.6 is 15.9 Å². The SMILES string of the molecule is FC1(F)Oc2ccc(Nc3nc(Br)cn4ncnc34)cc2O1. The number of aromatic nitrogens is 4. The van der Waals surface area contributed by atoms with Gasteiger partial charge in [0.15, 0.2) is 23.0 Å². The molecular formula is C12H6BrF2N5O2. The first-order valence-electron chi connectivity index (χ1n) is 6.03. The molecule has 10 heteroatoms. The normalized spacial score (nSPS) is 15.2. The van der Waals surface area contributed by atoms with Crippen LogP contribution in [-0.4, -0.2) is 25.9 Å². The third kappa shape index (κ3) is 2.21. The first-order chi connectivity index (χ1) is 10.5. The fourth-order valence-corrected chi connectivity index (χ4v) is 2.42. The van der Waals surface area contributed by atoms with Gasteiger partial charge < -0.3 is 14.8 Å². The van der Waals surface area contributed by atoms with Crippen LogP contribution in [0.25, 0.3) is 5.65 Å². The second kappa shape index (κ2) is 4.50. The summed E-state index contributed by atoms with van der Waals surface area (Å²) in [6.45, 7) is 0. The van der Waals surface area contributed by atoms with Gasteiger partial charge in [0.2, 0.25) is 0 Å². The predicted molar refractivity (Wildman–Crippen MR) is 74.4 cm³/mol. The number of hydrogen-bond donors (Lipinski definition) is 1. The van der Waals surface area contributed by atoms with Crippen molar-refractivity contribution in [3.05, 3.63) is 35.3 Å². The molecule has 1 N–H and O–H groups in total. The maximum Gasteiger partial charge on any atom is 0.586 e. The van der Waals surface area contributed by atoms with E-state index in [-0.39, 0.29) is 11.5 Å². The maximum atomic E-state index is 13.0. The highest BCUT2D eigenvalue weighted by atomic mass is 79.9. The summed E-state index contributed by atoms with van der Waals surface area (Å²) in [5, 5.41) is 7.00. The molecule has 4 rings (SSSR count). The lowest BCUT2D eigenvalue weighted by atomic mass is 10.3. The van der Waals surface area contributed by atoms with Crippen molar-refractivity contribution in [3.8, 4) is 11.5 Å². The molecule has 3 heterocycles. The number of ether oxygens (including phenoxy) is 2. The molecule has 0 atom stereocenters. The van der Waals surface area contributed by atoms with Crippen molar-refractivity contribution in [1.82, 2.24) is 19.6 Å². The van der Waals surface area contributed by atoms with Gasteiger partial charge in [0.1, 0.15) is 10.9 Å². The standard InChI is InChI=1S/C12H6BrF2N5O2/c13-9-4-20-11(16-5-17-20)10(19-9)18-6-1-2-7-8(3-6)22-12(14,15)21-7/h1-5H,(H,18,19). The van der Waals surface area contributed by atoms with Crippen LogP contribution < -0.4 is 14.8 Å². The second-order valence-electron chi connectivity index (χ2n) is 4.39. The topological polar surface area (TPSA) is 73.6 Å². The van der Waals surface area contributed by atoms with E-state index < -0.39 is 6.29 Å². The maximum absolute atomic E-state index is 13.0. The van der Waals surface area contributed by atoms with Crippen LogP contribution in [0.1, 0.15) is 0 Å². The largest absolute Gasteiger partial charge is 0.586 e. The number of rotatable bonds is 2. The second-order valence-corrected chi connectivity index (χ2v) is 5.21. The minimum atomic E-state index is -3.64. The summed E-state index contributed by atoms with van der Waals surface area (Å²) in [5.74, 6) is 0.338. The number of benzene rings is 1. The smallest absolute Gasteiger partial charge is 0.395 e. The average Bonchev–Trinajstić information content (AvgIpc) is 3.00. The van der Waals surface area contributed by atoms with E-state index in [1.165, 1.54) is 23.0 Å². The Morgan fingerprint density at radius 3 is 2.91 bits per heavy atom. The summed E-state index contributed by atoms with van der Waals surface area (Å²) in [6, 6.07) is 4.35. The zero-order valence-electron chi connectivity index (χ0n) is 10.6. The summed E-state index contributed by atoms with van der Waals surface area (Å²) >= 11 is 3.26. The van der Waals surface area contributed by atoms with Crippen molar-refractivity contribution in [2.24, 2.45) is 0 Å². The summed E-state index contributed by atoms with van der Waals surface area (Å²) in [4.78, 5) is 8.33. The van der Waals surface area contributed by atoms with Gasteiger partial charge in [-0.1, -0.05) is 0 Å². The minimum Gasteiger partial charge on any atom is -0.395 e. The molecule has 0 spiro atoms. The molecule has 0 unspecified atom stereocenters. The Kier molecular flexibility index (Phi) is 2.70. The van der Waals surface area contributed by atoms with Gasteiger partial charge in [-0.2, -0.15) is 5.10 Å². The van der Waals surface area contributed by atoms with Gasteiger partial charge in [-0.15, -0.1) is 8.78 Å². The lowest BCUT2D eigenvalue weighted by Crippen LogP contribution is -2.25. The predicted octanol–water partition coefficient (Wildman–Crippen LogP) is 2.95. The Hall–Kier alpha value is -2.49. The molecule has 3 aromatic rings. The van der Waals surface area contributed by atoms with Gasteiger partial charge in [-0.05, 0) is 28.1 Å². The quantitative estimate of drug-likeness (QED) is 0.748. The molecule has 1 aromatic carbocycles. The number of halogens is 3. The van der Waals surface area contributed by atoms with E-state index in [1.54, 1.807) is 12.3 Å². The van der Waals surface area contributed by atoms with E-state index in [9.17, 15) is 8.78 Å². The van der Waals surface area contributed by atoms with Crippen molar-refractivity contribution < 1.29 is 18.3 Å². The lowest BCUT2D eigenvalue weighted by molar-refractivity contribution is -0.286. The van der Waals surface area contributed by atoms with Gasteiger partial charge in [0, 0.05) is 11.8 Å². The Balaban J connectivity index is 1.71. The highest BCUT2D eigenvalue weighted by molar-refractivity contribution is 9.10. The number of fused-ring (bicyclic) bond motifs is 2. The van der Waals surface area contributed by atoms with Gasteiger partial charge in [-0.3, -0.25) is 0 Å². The average molecular weight is 370 g/mol. The molecule has 1 aliphatic heterocycles. The molecule has 0 bridgehead atoms. The van der Waals surface area contributed by atoms with Crippen molar-refractivity contribution in [2.45, 2.75) is 6.29 Å². The van der Waals surface area contributed by atoms with Crippen molar-refractivity contribution in [1.29, 1.82) is 0 Å². The molecule has 0 amide bonds. The third-order valence-corrected chi connectivity index (χ3v) is 3.28. The molecule has 0 saturated carbocycles. The van der Waals surface area contributed by atoms with Crippen LogP contribution in [0.5, 0.6) is 11.5 Å². The monoisotopic (exact) mass is 369 g/mol. The minimum absolute atomic E-state index is 0.0228. The van der Waals surface area contributed by atoms with Crippen LogP contribution in [0.3, 0.4) is 0 Å². The Morgan fingerprint density at radius 2 is 2.05 bits per heavy atom. The van der Waals surface area contributed by atoms with Crippen molar-refractivity contribution in [3.63, 3.8) is 0 Å². The number of anilines is 2. The van der Waals surface area contributed by atoms with Gasteiger partial charge in [-0.25, -0.2) is 14.5 Å². The van der Waals surface area contributed by atoms with Crippen LogP contribution in [0.4, 0.5) is 20.3 Å².